The van der Waals surface area contributed by atoms with E-state index in [1.54, 1.807) is 7.05 Å². The molecule has 0 spiro atoms. The Labute approximate surface area is 107 Å². The highest BCUT2D eigenvalue weighted by Crippen LogP contribution is 2.11. The molecular weight excluding hydrogens is 254 g/mol. The molecule has 1 aromatic rings. The third-order valence-electron chi connectivity index (χ3n) is 2.56. The van der Waals surface area contributed by atoms with Gasteiger partial charge in [-0.25, -0.2) is 17.5 Å². The zero-order chi connectivity index (χ0) is 13.8. The number of carboxylic acid groups (broad SMARTS) is 1. The van der Waals surface area contributed by atoms with Crippen molar-refractivity contribution in [3.8, 4) is 0 Å². The summed E-state index contributed by atoms with van der Waals surface area (Å²) in [6.07, 6.45) is 0.758. The average molecular weight is 271 g/mol. The van der Waals surface area contributed by atoms with E-state index in [4.69, 9.17) is 5.11 Å². The molecule has 18 heavy (non-hydrogen) atoms. The molecule has 0 bridgehead atoms. The van der Waals surface area contributed by atoms with Gasteiger partial charge in [-0.15, -0.1) is 0 Å². The van der Waals surface area contributed by atoms with Crippen LogP contribution in [0.25, 0.3) is 0 Å². The van der Waals surface area contributed by atoms with Gasteiger partial charge in [-0.2, -0.15) is 0 Å². The van der Waals surface area contributed by atoms with Crippen molar-refractivity contribution < 1.29 is 18.3 Å². The number of hydrogen-bond acceptors (Lipinski definition) is 3. The summed E-state index contributed by atoms with van der Waals surface area (Å²) >= 11 is 0. The highest BCUT2D eigenvalue weighted by atomic mass is 32.2. The number of rotatable bonds is 6. The second-order valence-corrected chi connectivity index (χ2v) is 6.16. The first-order chi connectivity index (χ1) is 8.36. The lowest BCUT2D eigenvalue weighted by Gasteiger charge is -2.16. The monoisotopic (exact) mass is 271 g/mol. The van der Waals surface area contributed by atoms with E-state index in [0.717, 1.165) is 6.42 Å². The molecule has 100 valence electrons. The molecule has 1 rings (SSSR count). The number of aromatic carboxylic acids is 1. The van der Waals surface area contributed by atoms with Gasteiger partial charge in [-0.05, 0) is 24.1 Å². The molecule has 5 nitrogen and oxygen atoms in total. The molecule has 0 amide bonds. The first kappa shape index (κ1) is 14.7. The maximum absolute atomic E-state index is 11.9. The van der Waals surface area contributed by atoms with Crippen molar-refractivity contribution in [2.24, 2.45) is 0 Å². The minimum absolute atomic E-state index is 0.108. The molecule has 0 saturated heterocycles. The Hall–Kier alpha value is -1.40. The molecular formula is C12H17NO4S. The fourth-order valence-electron chi connectivity index (χ4n) is 1.52. The maximum atomic E-state index is 11.9. The fraction of sp³-hybridized carbons (Fsp3) is 0.417. The standard InChI is InChI=1S/C12H17NO4S/c1-3-8-13(2)18(16,17)9-10-4-6-11(7-5-10)12(14)15/h4-7H,3,8-9H2,1-2H3,(H,14,15). The smallest absolute Gasteiger partial charge is 0.335 e. The largest absolute Gasteiger partial charge is 0.478 e. The van der Waals surface area contributed by atoms with E-state index in [1.165, 1.54) is 28.6 Å². The average Bonchev–Trinajstić information content (AvgIpc) is 2.29. The normalized spacial score (nSPS) is 11.7. The minimum atomic E-state index is -3.32. The summed E-state index contributed by atoms with van der Waals surface area (Å²) in [5.41, 5.74) is 0.737. The topological polar surface area (TPSA) is 74.7 Å². The summed E-state index contributed by atoms with van der Waals surface area (Å²) in [6.45, 7) is 2.39. The van der Waals surface area contributed by atoms with Gasteiger partial charge in [0.25, 0.3) is 0 Å². The van der Waals surface area contributed by atoms with Gasteiger partial charge in [0.15, 0.2) is 0 Å². The first-order valence-corrected chi connectivity index (χ1v) is 7.24. The Kier molecular flexibility index (Phi) is 4.86. The number of benzene rings is 1. The molecule has 0 aliphatic rings. The van der Waals surface area contributed by atoms with Crippen molar-refractivity contribution in [3.05, 3.63) is 35.4 Å². The van der Waals surface area contributed by atoms with Crippen LogP contribution in [0.15, 0.2) is 24.3 Å². The highest BCUT2D eigenvalue weighted by molar-refractivity contribution is 7.88. The van der Waals surface area contributed by atoms with Gasteiger partial charge in [-0.1, -0.05) is 19.1 Å². The first-order valence-electron chi connectivity index (χ1n) is 5.63. The lowest BCUT2D eigenvalue weighted by molar-refractivity contribution is 0.0697. The lowest BCUT2D eigenvalue weighted by Crippen LogP contribution is -2.28. The van der Waals surface area contributed by atoms with Crippen molar-refractivity contribution in [1.29, 1.82) is 0 Å². The number of sulfonamides is 1. The van der Waals surface area contributed by atoms with E-state index in [1.807, 2.05) is 6.92 Å². The molecule has 0 aliphatic carbocycles. The van der Waals surface area contributed by atoms with Crippen LogP contribution in [0.5, 0.6) is 0 Å². The van der Waals surface area contributed by atoms with Gasteiger partial charge in [0.2, 0.25) is 10.0 Å². The van der Waals surface area contributed by atoms with E-state index in [0.29, 0.717) is 12.1 Å². The van der Waals surface area contributed by atoms with Gasteiger partial charge in [0.1, 0.15) is 0 Å². The van der Waals surface area contributed by atoms with Gasteiger partial charge >= 0.3 is 5.97 Å². The highest BCUT2D eigenvalue weighted by Gasteiger charge is 2.17. The van der Waals surface area contributed by atoms with Crippen molar-refractivity contribution in [2.75, 3.05) is 13.6 Å². The molecule has 0 radical (unpaired) electrons. The van der Waals surface area contributed by atoms with Gasteiger partial charge < -0.3 is 5.11 Å². The van der Waals surface area contributed by atoms with Crippen LogP contribution < -0.4 is 0 Å². The molecule has 0 saturated carbocycles. The predicted octanol–water partition coefficient (Wildman–Crippen LogP) is 1.56. The Morgan fingerprint density at radius 3 is 2.28 bits per heavy atom. The summed E-state index contributed by atoms with van der Waals surface area (Å²) in [5, 5.41) is 8.74. The Balaban J connectivity index is 2.81. The van der Waals surface area contributed by atoms with E-state index in [-0.39, 0.29) is 11.3 Å². The Bertz CT molecular complexity index is 507. The number of nitrogens with zero attached hydrogens (tertiary/aromatic N) is 1. The number of carbonyl (C=O) groups is 1. The van der Waals surface area contributed by atoms with Crippen LogP contribution >= 0.6 is 0 Å². The Morgan fingerprint density at radius 2 is 1.83 bits per heavy atom. The van der Waals surface area contributed by atoms with E-state index < -0.39 is 16.0 Å². The second-order valence-electron chi connectivity index (χ2n) is 4.08. The second kappa shape index (κ2) is 5.97. The summed E-state index contributed by atoms with van der Waals surface area (Å²) in [6, 6.07) is 5.88. The molecule has 1 aromatic carbocycles. The van der Waals surface area contributed by atoms with Gasteiger partial charge in [-0.3, -0.25) is 0 Å². The number of hydrogen-bond donors (Lipinski definition) is 1. The van der Waals surface area contributed by atoms with Crippen LogP contribution in [0.4, 0.5) is 0 Å². The third-order valence-corrected chi connectivity index (χ3v) is 4.39. The molecule has 1 N–H and O–H groups in total. The molecule has 0 unspecified atom stereocenters. The van der Waals surface area contributed by atoms with Crippen LogP contribution in [0.3, 0.4) is 0 Å². The van der Waals surface area contributed by atoms with Crippen molar-refractivity contribution in [2.45, 2.75) is 19.1 Å². The van der Waals surface area contributed by atoms with E-state index >= 15 is 0 Å². The van der Waals surface area contributed by atoms with Gasteiger partial charge in [0, 0.05) is 13.6 Å². The van der Waals surface area contributed by atoms with Crippen molar-refractivity contribution >= 4 is 16.0 Å². The van der Waals surface area contributed by atoms with Crippen molar-refractivity contribution in [3.63, 3.8) is 0 Å². The minimum Gasteiger partial charge on any atom is -0.478 e. The summed E-state index contributed by atoms with van der Waals surface area (Å²) in [4.78, 5) is 10.7. The van der Waals surface area contributed by atoms with Crippen molar-refractivity contribution in [1.82, 2.24) is 4.31 Å². The molecule has 6 heteroatoms. The number of carboxylic acids is 1. The van der Waals surface area contributed by atoms with Crippen LogP contribution in [-0.4, -0.2) is 37.4 Å². The van der Waals surface area contributed by atoms with E-state index in [2.05, 4.69) is 0 Å². The summed E-state index contributed by atoms with van der Waals surface area (Å²) in [7, 11) is -1.78. The molecule has 0 heterocycles. The fourth-order valence-corrected chi connectivity index (χ4v) is 2.81. The quantitative estimate of drug-likeness (QED) is 0.852. The predicted molar refractivity (Wildman–Crippen MR) is 68.9 cm³/mol. The van der Waals surface area contributed by atoms with Crippen LogP contribution in [0.2, 0.25) is 0 Å². The molecule has 0 aromatic heterocycles. The molecule has 0 atom stereocenters. The summed E-state index contributed by atoms with van der Waals surface area (Å²) in [5.74, 6) is -1.13. The lowest BCUT2D eigenvalue weighted by atomic mass is 10.1. The maximum Gasteiger partial charge on any atom is 0.335 e. The van der Waals surface area contributed by atoms with Crippen LogP contribution in [0.1, 0.15) is 29.3 Å². The molecule has 0 aliphatic heterocycles. The Morgan fingerprint density at radius 1 is 1.28 bits per heavy atom. The third kappa shape index (κ3) is 3.82. The van der Waals surface area contributed by atoms with Gasteiger partial charge in [0.05, 0.1) is 11.3 Å². The zero-order valence-electron chi connectivity index (χ0n) is 10.5. The van der Waals surface area contributed by atoms with Crippen LogP contribution in [-0.2, 0) is 15.8 Å². The zero-order valence-corrected chi connectivity index (χ0v) is 11.3. The SMILES string of the molecule is CCCN(C)S(=O)(=O)Cc1ccc(C(=O)O)cc1. The summed E-state index contributed by atoms with van der Waals surface area (Å²) < 4.78 is 25.2. The van der Waals surface area contributed by atoms with Crippen LogP contribution in [0, 0.1) is 0 Å². The molecule has 0 fully saturated rings. The van der Waals surface area contributed by atoms with E-state index in [9.17, 15) is 13.2 Å².